The van der Waals surface area contributed by atoms with Crippen LogP contribution in [0.5, 0.6) is 5.75 Å². The molecule has 3 N–H and O–H groups in total. The number of benzene rings is 1. The number of hydrogen-bond acceptors (Lipinski definition) is 7. The molecule has 4 rings (SSSR count). The average Bonchev–Trinajstić information content (AvgIpc) is 3.29. The fraction of sp³-hybridized carbons (Fsp3) is 0.333. The molecule has 0 fully saturated rings. The maximum atomic E-state index is 13.6. The van der Waals surface area contributed by atoms with E-state index in [-0.39, 0.29) is 5.56 Å². The second-order valence-corrected chi connectivity index (χ2v) is 9.50. The lowest BCUT2D eigenvalue weighted by Gasteiger charge is -2.15. The Balaban J connectivity index is 1.83. The summed E-state index contributed by atoms with van der Waals surface area (Å²) in [5.41, 5.74) is 6.63. The van der Waals surface area contributed by atoms with Crippen LogP contribution in [0, 0.1) is 0 Å². The van der Waals surface area contributed by atoms with Crippen molar-refractivity contribution >= 4 is 45.3 Å². The van der Waals surface area contributed by atoms with Gasteiger partial charge in [-0.25, -0.2) is 9.78 Å². The maximum Gasteiger partial charge on any atom is 0.318 e. The lowest BCUT2D eigenvalue weighted by Crippen LogP contribution is -2.39. The molecule has 162 valence electrons. The third-order valence-corrected chi connectivity index (χ3v) is 7.25. The summed E-state index contributed by atoms with van der Waals surface area (Å²) in [4.78, 5) is 43.5. The van der Waals surface area contributed by atoms with Gasteiger partial charge in [0.25, 0.3) is 5.56 Å². The van der Waals surface area contributed by atoms with E-state index in [2.05, 4.69) is 5.32 Å². The zero-order chi connectivity index (χ0) is 22.1. The summed E-state index contributed by atoms with van der Waals surface area (Å²) in [5.74, 6) is 0.159. The number of amides is 3. The van der Waals surface area contributed by atoms with Gasteiger partial charge >= 0.3 is 6.03 Å². The van der Waals surface area contributed by atoms with Crippen LogP contribution in [0.1, 0.15) is 30.7 Å². The molecule has 0 saturated heterocycles. The van der Waals surface area contributed by atoms with Gasteiger partial charge in [0, 0.05) is 4.88 Å². The van der Waals surface area contributed by atoms with Crippen molar-refractivity contribution in [2.45, 2.75) is 43.5 Å². The molecule has 8 nitrogen and oxygen atoms in total. The molecule has 0 spiro atoms. The topological polar surface area (TPSA) is 116 Å². The van der Waals surface area contributed by atoms with Gasteiger partial charge in [-0.3, -0.25) is 19.5 Å². The van der Waals surface area contributed by atoms with Crippen molar-refractivity contribution < 1.29 is 14.3 Å². The zero-order valence-corrected chi connectivity index (χ0v) is 18.8. The van der Waals surface area contributed by atoms with Crippen molar-refractivity contribution in [1.82, 2.24) is 14.9 Å². The van der Waals surface area contributed by atoms with E-state index in [4.69, 9.17) is 15.5 Å². The van der Waals surface area contributed by atoms with Gasteiger partial charge in [-0.15, -0.1) is 11.3 Å². The molecule has 1 aromatic carbocycles. The molecule has 0 aliphatic heterocycles. The van der Waals surface area contributed by atoms with Crippen LogP contribution >= 0.6 is 23.1 Å². The Morgan fingerprint density at radius 3 is 2.74 bits per heavy atom. The van der Waals surface area contributed by atoms with E-state index in [9.17, 15) is 14.4 Å². The Labute approximate surface area is 186 Å². The number of thioether (sulfide) groups is 1. The molecule has 3 amide bonds. The molecule has 31 heavy (non-hydrogen) atoms. The van der Waals surface area contributed by atoms with E-state index in [1.54, 1.807) is 42.5 Å². The van der Waals surface area contributed by atoms with Crippen LogP contribution in [-0.2, 0) is 17.6 Å². The molecule has 1 atom stereocenters. The van der Waals surface area contributed by atoms with Crippen molar-refractivity contribution in [3.8, 4) is 11.4 Å². The van der Waals surface area contributed by atoms with Crippen molar-refractivity contribution in [3.63, 3.8) is 0 Å². The number of nitrogens with two attached hydrogens (primary N) is 1. The smallest absolute Gasteiger partial charge is 0.318 e. The predicted molar refractivity (Wildman–Crippen MR) is 121 cm³/mol. The van der Waals surface area contributed by atoms with Crippen LogP contribution in [0.15, 0.2) is 34.2 Å². The van der Waals surface area contributed by atoms with E-state index in [0.29, 0.717) is 33.4 Å². The lowest BCUT2D eigenvalue weighted by atomic mass is 10.2. The number of imide groups is 1. The van der Waals surface area contributed by atoms with E-state index < -0.39 is 17.2 Å². The largest absolute Gasteiger partial charge is 0.494 e. The normalized spacial score (nSPS) is 13.7. The highest BCUT2D eigenvalue weighted by Gasteiger charge is 2.26. The fourth-order valence-electron chi connectivity index (χ4n) is 3.62. The Kier molecular flexibility index (Phi) is 6.01. The van der Waals surface area contributed by atoms with Crippen LogP contribution in [0.4, 0.5) is 4.79 Å². The highest BCUT2D eigenvalue weighted by atomic mass is 32.2. The second kappa shape index (κ2) is 8.72. The van der Waals surface area contributed by atoms with Crippen LogP contribution < -0.4 is 21.3 Å². The molecule has 0 bridgehead atoms. The highest BCUT2D eigenvalue weighted by molar-refractivity contribution is 8.00. The standard InChI is InChI=1S/C21H22N4O4S2/c1-3-29-13-9-7-12(8-10-13)25-19(27)16-14-5-4-6-15(14)31-18(16)24-21(25)30-11(2)17(26)23-20(22)28/h7-11H,3-6H2,1-2H3,(H3,22,23,26,28)/t11-/m1/s1. The SMILES string of the molecule is CCOc1ccc(-n2c(S[C@H](C)C(=O)NC(N)=O)nc3sc4c(c3c2=O)CCC4)cc1. The Bertz CT molecular complexity index is 1220. The van der Waals surface area contributed by atoms with Crippen molar-refractivity contribution in [3.05, 3.63) is 45.1 Å². The number of rotatable bonds is 6. The number of primary amides is 1. The number of thiophene rings is 1. The molecule has 2 aromatic heterocycles. The first kappa shape index (κ1) is 21.4. The molecule has 10 heteroatoms. The van der Waals surface area contributed by atoms with Gasteiger partial charge in [0.2, 0.25) is 5.91 Å². The number of carbonyl (C=O) groups excluding carboxylic acids is 2. The molecule has 1 aliphatic carbocycles. The van der Waals surface area contributed by atoms with Gasteiger partial charge in [0.15, 0.2) is 5.16 Å². The van der Waals surface area contributed by atoms with Crippen molar-refractivity contribution in [2.24, 2.45) is 5.73 Å². The molecule has 1 aliphatic rings. The van der Waals surface area contributed by atoms with Gasteiger partial charge in [-0.1, -0.05) is 11.8 Å². The Morgan fingerprint density at radius 1 is 1.32 bits per heavy atom. The number of aromatic nitrogens is 2. The Morgan fingerprint density at radius 2 is 2.06 bits per heavy atom. The zero-order valence-electron chi connectivity index (χ0n) is 17.1. The summed E-state index contributed by atoms with van der Waals surface area (Å²) in [6.07, 6.45) is 2.87. The van der Waals surface area contributed by atoms with Gasteiger partial charge < -0.3 is 10.5 Å². The number of fused-ring (bicyclic) bond motifs is 3. The fourth-order valence-corrected chi connectivity index (χ4v) is 5.85. The van der Waals surface area contributed by atoms with Gasteiger partial charge in [0.05, 0.1) is 22.9 Å². The van der Waals surface area contributed by atoms with E-state index in [1.165, 1.54) is 9.44 Å². The average molecular weight is 459 g/mol. The molecule has 0 radical (unpaired) electrons. The third kappa shape index (κ3) is 4.17. The quantitative estimate of drug-likeness (QED) is 0.433. The second-order valence-electron chi connectivity index (χ2n) is 7.11. The first-order chi connectivity index (χ1) is 14.9. The van der Waals surface area contributed by atoms with Gasteiger partial charge in [-0.2, -0.15) is 0 Å². The van der Waals surface area contributed by atoms with Crippen molar-refractivity contribution in [1.29, 1.82) is 0 Å². The number of nitrogens with one attached hydrogen (secondary N) is 1. The van der Waals surface area contributed by atoms with Crippen molar-refractivity contribution in [2.75, 3.05) is 6.61 Å². The summed E-state index contributed by atoms with van der Waals surface area (Å²) >= 11 is 2.65. The highest BCUT2D eigenvalue weighted by Crippen LogP contribution is 2.36. The maximum absolute atomic E-state index is 13.6. The van der Waals surface area contributed by atoms with Crippen LogP contribution in [0.25, 0.3) is 15.9 Å². The lowest BCUT2D eigenvalue weighted by molar-refractivity contribution is -0.119. The monoisotopic (exact) mass is 458 g/mol. The molecule has 0 saturated carbocycles. The van der Waals surface area contributed by atoms with Gasteiger partial charge in [0.1, 0.15) is 10.6 Å². The van der Waals surface area contributed by atoms with Crippen LogP contribution in [-0.4, -0.2) is 33.3 Å². The first-order valence-electron chi connectivity index (χ1n) is 9.96. The minimum Gasteiger partial charge on any atom is -0.494 e. The summed E-state index contributed by atoms with van der Waals surface area (Å²) in [5, 5.41) is 2.43. The van der Waals surface area contributed by atoms with E-state index >= 15 is 0 Å². The number of urea groups is 1. The third-order valence-electron chi connectivity index (χ3n) is 5.01. The predicted octanol–water partition coefficient (Wildman–Crippen LogP) is 3.01. The number of carbonyl (C=O) groups is 2. The summed E-state index contributed by atoms with van der Waals surface area (Å²) in [6.45, 7) is 4.08. The molecule has 3 aromatic rings. The van der Waals surface area contributed by atoms with Gasteiger partial charge in [-0.05, 0) is 62.9 Å². The number of ether oxygens (including phenoxy) is 1. The minimum atomic E-state index is -0.917. The van der Waals surface area contributed by atoms with Crippen LogP contribution in [0.3, 0.4) is 0 Å². The Hall–Kier alpha value is -2.85. The summed E-state index contributed by atoms with van der Waals surface area (Å²) in [7, 11) is 0. The number of hydrogen-bond donors (Lipinski definition) is 2. The number of nitrogens with zero attached hydrogens (tertiary/aromatic N) is 2. The summed E-state index contributed by atoms with van der Waals surface area (Å²) < 4.78 is 7.04. The minimum absolute atomic E-state index is 0.154. The number of aryl methyl sites for hydroxylation is 2. The molecular formula is C21H22N4O4S2. The van der Waals surface area contributed by atoms with E-state index in [0.717, 1.165) is 36.6 Å². The first-order valence-corrected chi connectivity index (χ1v) is 11.7. The molecular weight excluding hydrogens is 436 g/mol. The summed E-state index contributed by atoms with van der Waals surface area (Å²) in [6, 6.07) is 6.27. The van der Waals surface area contributed by atoms with E-state index in [1.807, 2.05) is 6.92 Å². The van der Waals surface area contributed by atoms with Crippen LogP contribution in [0.2, 0.25) is 0 Å². The molecule has 2 heterocycles. The molecule has 0 unspecified atom stereocenters.